The van der Waals surface area contributed by atoms with Gasteiger partial charge in [-0.2, -0.15) is 0 Å². The molecule has 2 aliphatic rings. The van der Waals surface area contributed by atoms with Gasteiger partial charge in [0.25, 0.3) is 0 Å². The number of likely N-dealkylation sites (tertiary alicyclic amines) is 1. The van der Waals surface area contributed by atoms with E-state index in [2.05, 4.69) is 22.5 Å². The fourth-order valence-electron chi connectivity index (χ4n) is 3.95. The zero-order valence-corrected chi connectivity index (χ0v) is 16.2. The van der Waals surface area contributed by atoms with Gasteiger partial charge in [0.1, 0.15) is 0 Å². The summed E-state index contributed by atoms with van der Waals surface area (Å²) in [4.78, 5) is 14.3. The molecule has 1 saturated carbocycles. The maximum atomic E-state index is 11.8. The largest absolute Gasteiger partial charge is 0.378 e. The second-order valence-electron chi connectivity index (χ2n) is 7.75. The van der Waals surface area contributed by atoms with Gasteiger partial charge in [0, 0.05) is 25.7 Å². The Hall–Kier alpha value is -0.810. The van der Waals surface area contributed by atoms with Gasteiger partial charge in [-0.1, -0.05) is 25.7 Å². The van der Waals surface area contributed by atoms with Crippen molar-refractivity contribution in [2.24, 2.45) is 0 Å². The van der Waals surface area contributed by atoms with E-state index in [1.807, 2.05) is 0 Å². The van der Waals surface area contributed by atoms with Gasteiger partial charge in [0.15, 0.2) is 0 Å². The zero-order chi connectivity index (χ0) is 17.7. The maximum absolute atomic E-state index is 11.8. The van der Waals surface area contributed by atoms with Crippen LogP contribution < -0.4 is 10.6 Å². The van der Waals surface area contributed by atoms with Crippen LogP contribution in [0.2, 0.25) is 0 Å². The summed E-state index contributed by atoms with van der Waals surface area (Å²) in [6.45, 7) is 6.99. The first-order valence-electron chi connectivity index (χ1n) is 10.6. The van der Waals surface area contributed by atoms with E-state index < -0.39 is 0 Å². The molecule has 1 heterocycles. The molecule has 2 rings (SSSR count). The van der Waals surface area contributed by atoms with Crippen molar-refractivity contribution in [1.82, 2.24) is 15.5 Å². The van der Waals surface area contributed by atoms with Crippen LogP contribution in [0.4, 0.5) is 4.79 Å². The second-order valence-corrected chi connectivity index (χ2v) is 7.75. The van der Waals surface area contributed by atoms with E-state index in [4.69, 9.17) is 4.74 Å². The number of ether oxygens (including phenoxy) is 1. The number of piperidine rings is 1. The number of urea groups is 1. The summed E-state index contributed by atoms with van der Waals surface area (Å²) >= 11 is 0. The highest BCUT2D eigenvalue weighted by atomic mass is 16.5. The topological polar surface area (TPSA) is 53.6 Å². The molecule has 1 unspecified atom stereocenters. The number of carbonyl (C=O) groups is 1. The standard InChI is InChI=1S/C20H39N3O2/c1-18-10-5-7-15-23(18)16-8-6-13-21-20(24)22-14-9-17-25-19-11-3-2-4-12-19/h18-19H,2-17H2,1H3,(H2,21,22,24). The molecule has 0 aromatic rings. The Morgan fingerprint density at radius 1 is 0.960 bits per heavy atom. The number of nitrogens with zero attached hydrogens (tertiary/aromatic N) is 1. The summed E-state index contributed by atoms with van der Waals surface area (Å²) in [5.74, 6) is 0. The van der Waals surface area contributed by atoms with Crippen molar-refractivity contribution < 1.29 is 9.53 Å². The quantitative estimate of drug-likeness (QED) is 0.589. The number of hydrogen-bond donors (Lipinski definition) is 2. The maximum Gasteiger partial charge on any atom is 0.314 e. The molecule has 1 atom stereocenters. The van der Waals surface area contributed by atoms with Crippen LogP contribution in [-0.2, 0) is 4.74 Å². The van der Waals surface area contributed by atoms with Crippen LogP contribution in [0.25, 0.3) is 0 Å². The Bertz CT molecular complexity index is 359. The zero-order valence-electron chi connectivity index (χ0n) is 16.2. The van der Waals surface area contributed by atoms with Gasteiger partial charge in [-0.15, -0.1) is 0 Å². The van der Waals surface area contributed by atoms with Crippen molar-refractivity contribution >= 4 is 6.03 Å². The third kappa shape index (κ3) is 8.91. The van der Waals surface area contributed by atoms with Crippen molar-refractivity contribution in [2.75, 3.05) is 32.8 Å². The highest BCUT2D eigenvalue weighted by Gasteiger charge is 2.17. The first-order chi connectivity index (χ1) is 12.3. The molecule has 1 aliphatic carbocycles. The van der Waals surface area contributed by atoms with Crippen LogP contribution in [0.1, 0.15) is 77.6 Å². The molecule has 2 N–H and O–H groups in total. The third-order valence-electron chi connectivity index (χ3n) is 5.61. The number of nitrogens with one attached hydrogen (secondary N) is 2. The monoisotopic (exact) mass is 353 g/mol. The molecule has 2 amide bonds. The molecule has 0 spiro atoms. The first-order valence-corrected chi connectivity index (χ1v) is 10.6. The van der Waals surface area contributed by atoms with E-state index in [0.29, 0.717) is 12.6 Å². The fraction of sp³-hybridized carbons (Fsp3) is 0.950. The molecule has 0 aromatic heterocycles. The molecular formula is C20H39N3O2. The smallest absolute Gasteiger partial charge is 0.314 e. The molecule has 25 heavy (non-hydrogen) atoms. The highest BCUT2D eigenvalue weighted by Crippen LogP contribution is 2.20. The molecule has 5 heteroatoms. The van der Waals surface area contributed by atoms with E-state index >= 15 is 0 Å². The van der Waals surface area contributed by atoms with Gasteiger partial charge < -0.3 is 20.3 Å². The fourth-order valence-corrected chi connectivity index (χ4v) is 3.95. The van der Waals surface area contributed by atoms with Crippen molar-refractivity contribution in [3.63, 3.8) is 0 Å². The SMILES string of the molecule is CC1CCCCN1CCCCNC(=O)NCCCOC1CCCCC1. The van der Waals surface area contributed by atoms with Crippen LogP contribution in [0.3, 0.4) is 0 Å². The molecule has 1 aliphatic heterocycles. The second kappa shape index (κ2) is 12.5. The molecule has 146 valence electrons. The third-order valence-corrected chi connectivity index (χ3v) is 5.61. The Morgan fingerprint density at radius 2 is 1.68 bits per heavy atom. The summed E-state index contributed by atoms with van der Waals surface area (Å²) in [6.07, 6.45) is 14.0. The molecular weight excluding hydrogens is 314 g/mol. The summed E-state index contributed by atoms with van der Waals surface area (Å²) in [7, 11) is 0. The van der Waals surface area contributed by atoms with Crippen LogP contribution in [0.5, 0.6) is 0 Å². The van der Waals surface area contributed by atoms with Crippen LogP contribution in [0, 0.1) is 0 Å². The van der Waals surface area contributed by atoms with Gasteiger partial charge in [-0.05, 0) is 65.0 Å². The Kier molecular flexibility index (Phi) is 10.3. The van der Waals surface area contributed by atoms with Crippen LogP contribution in [0.15, 0.2) is 0 Å². The first kappa shape index (κ1) is 20.5. The molecule has 2 fully saturated rings. The van der Waals surface area contributed by atoms with E-state index in [9.17, 15) is 4.79 Å². The molecule has 0 bridgehead atoms. The number of amides is 2. The minimum atomic E-state index is -0.0380. The van der Waals surface area contributed by atoms with Crippen molar-refractivity contribution in [3.8, 4) is 0 Å². The number of rotatable bonds is 10. The van der Waals surface area contributed by atoms with E-state index in [0.717, 1.165) is 32.0 Å². The Morgan fingerprint density at radius 3 is 2.44 bits per heavy atom. The lowest BCUT2D eigenvalue weighted by atomic mass is 9.98. The lowest BCUT2D eigenvalue weighted by molar-refractivity contribution is 0.0275. The lowest BCUT2D eigenvalue weighted by Crippen LogP contribution is -2.39. The predicted octanol–water partition coefficient (Wildman–Crippen LogP) is 3.68. The van der Waals surface area contributed by atoms with E-state index in [1.165, 1.54) is 70.9 Å². The van der Waals surface area contributed by atoms with E-state index in [-0.39, 0.29) is 6.03 Å². The van der Waals surface area contributed by atoms with Crippen LogP contribution >= 0.6 is 0 Å². The van der Waals surface area contributed by atoms with Crippen molar-refractivity contribution in [1.29, 1.82) is 0 Å². The van der Waals surface area contributed by atoms with Crippen molar-refractivity contribution in [2.45, 2.75) is 89.7 Å². The average molecular weight is 354 g/mol. The summed E-state index contributed by atoms with van der Waals surface area (Å²) in [5.41, 5.74) is 0. The predicted molar refractivity (Wildman–Crippen MR) is 103 cm³/mol. The summed E-state index contributed by atoms with van der Waals surface area (Å²) in [6, 6.07) is 0.699. The number of unbranched alkanes of at least 4 members (excludes halogenated alkanes) is 1. The molecule has 0 aromatic carbocycles. The minimum absolute atomic E-state index is 0.0380. The van der Waals surface area contributed by atoms with Gasteiger partial charge in [0.2, 0.25) is 0 Å². The highest BCUT2D eigenvalue weighted by molar-refractivity contribution is 5.73. The molecule has 0 radical (unpaired) electrons. The average Bonchev–Trinajstić information content (AvgIpc) is 2.63. The molecule has 1 saturated heterocycles. The number of carbonyl (C=O) groups excluding carboxylic acids is 1. The van der Waals surface area contributed by atoms with Crippen molar-refractivity contribution in [3.05, 3.63) is 0 Å². The molecule has 5 nitrogen and oxygen atoms in total. The normalized spacial score (nSPS) is 22.7. The summed E-state index contributed by atoms with van der Waals surface area (Å²) in [5, 5.41) is 5.89. The Balaban J connectivity index is 1.37. The van der Waals surface area contributed by atoms with Gasteiger partial charge in [-0.3, -0.25) is 0 Å². The van der Waals surface area contributed by atoms with Crippen LogP contribution in [-0.4, -0.2) is 55.9 Å². The number of hydrogen-bond acceptors (Lipinski definition) is 3. The lowest BCUT2D eigenvalue weighted by Gasteiger charge is -2.33. The Labute approximate surface area is 154 Å². The van der Waals surface area contributed by atoms with Gasteiger partial charge >= 0.3 is 6.03 Å². The van der Waals surface area contributed by atoms with Gasteiger partial charge in [-0.25, -0.2) is 4.79 Å². The van der Waals surface area contributed by atoms with Gasteiger partial charge in [0.05, 0.1) is 6.10 Å². The summed E-state index contributed by atoms with van der Waals surface area (Å²) < 4.78 is 5.87. The van der Waals surface area contributed by atoms with E-state index in [1.54, 1.807) is 0 Å². The minimum Gasteiger partial charge on any atom is -0.378 e.